The molecule has 0 fully saturated rings. The van der Waals surface area contributed by atoms with Crippen molar-refractivity contribution < 1.29 is 29.7 Å². The first-order valence-corrected chi connectivity index (χ1v) is 12.7. The van der Waals surface area contributed by atoms with E-state index in [4.69, 9.17) is 14.9 Å². The molecule has 4 aromatic rings. The molecule has 1 heterocycles. The second-order valence-corrected chi connectivity index (χ2v) is 9.40. The van der Waals surface area contributed by atoms with Gasteiger partial charge in [0.1, 0.15) is 0 Å². The number of aliphatic hydroxyl groups excluding tert-OH is 1. The molecule has 4 N–H and O–H groups in total. The van der Waals surface area contributed by atoms with Gasteiger partial charge in [0.2, 0.25) is 0 Å². The second kappa shape index (κ2) is 12.6. The first kappa shape index (κ1) is 28.5. The molecule has 0 saturated heterocycles. The lowest BCUT2D eigenvalue weighted by atomic mass is 9.98. The highest BCUT2D eigenvalue weighted by Gasteiger charge is 2.21. The standard InChI is InChI=1S/C30H32N4O6/c1-19-17-24-25(18-23(19)30(38)39)32-28(36)26(24)27(20-7-5-4-6-8-20)31-22-11-9-21(10-12-22)29(37)34(3)40-16-14-33(2)13-15-35/h4-12,17-18,32,35-36H,13-16H2,1-3H3,(H,38,39). The molecular formula is C30H32N4O6. The zero-order valence-electron chi connectivity index (χ0n) is 22.6. The Morgan fingerprint density at radius 1 is 0.975 bits per heavy atom. The molecule has 0 aliphatic heterocycles. The smallest absolute Gasteiger partial charge is 0.336 e. The molecular weight excluding hydrogens is 512 g/mol. The normalized spacial score (nSPS) is 11.8. The average molecular weight is 545 g/mol. The summed E-state index contributed by atoms with van der Waals surface area (Å²) < 4.78 is 0. The maximum Gasteiger partial charge on any atom is 0.336 e. The number of nitrogens with one attached hydrogen (secondary N) is 1. The number of likely N-dealkylation sites (N-methyl/N-ethyl adjacent to an activating group) is 1. The molecule has 0 saturated carbocycles. The topological polar surface area (TPSA) is 139 Å². The fourth-order valence-electron chi connectivity index (χ4n) is 4.33. The Balaban J connectivity index is 1.65. The van der Waals surface area contributed by atoms with Gasteiger partial charge in [-0.15, -0.1) is 0 Å². The highest BCUT2D eigenvalue weighted by atomic mass is 16.7. The van der Waals surface area contributed by atoms with Crippen LogP contribution in [0.3, 0.4) is 0 Å². The summed E-state index contributed by atoms with van der Waals surface area (Å²) in [5.41, 5.74) is 3.82. The van der Waals surface area contributed by atoms with E-state index in [-0.39, 0.29) is 24.0 Å². The first-order valence-electron chi connectivity index (χ1n) is 12.7. The lowest BCUT2D eigenvalue weighted by Crippen LogP contribution is -2.32. The van der Waals surface area contributed by atoms with Crippen LogP contribution in [0.4, 0.5) is 5.69 Å². The molecule has 1 amide bonds. The van der Waals surface area contributed by atoms with Gasteiger partial charge in [-0.2, -0.15) is 0 Å². The van der Waals surface area contributed by atoms with Crippen LogP contribution in [-0.4, -0.2) is 88.3 Å². The Morgan fingerprint density at radius 2 is 1.68 bits per heavy atom. The monoisotopic (exact) mass is 544 g/mol. The number of H-pyrrole nitrogens is 1. The summed E-state index contributed by atoms with van der Waals surface area (Å²) in [6.07, 6.45) is 0. The van der Waals surface area contributed by atoms with Crippen molar-refractivity contribution in [3.63, 3.8) is 0 Å². The van der Waals surface area contributed by atoms with Gasteiger partial charge in [0.15, 0.2) is 5.88 Å². The van der Waals surface area contributed by atoms with Crippen molar-refractivity contribution in [3.05, 3.63) is 94.5 Å². The van der Waals surface area contributed by atoms with E-state index in [0.717, 1.165) is 5.56 Å². The minimum Gasteiger partial charge on any atom is -0.494 e. The number of aryl methyl sites for hydroxylation is 1. The Morgan fingerprint density at radius 3 is 2.33 bits per heavy atom. The van der Waals surface area contributed by atoms with E-state index in [1.165, 1.54) is 11.1 Å². The number of hydrogen-bond donors (Lipinski definition) is 4. The van der Waals surface area contributed by atoms with Crippen molar-refractivity contribution in [2.45, 2.75) is 6.92 Å². The molecule has 3 aromatic carbocycles. The number of amides is 1. The van der Waals surface area contributed by atoms with Crippen LogP contribution in [0, 0.1) is 6.92 Å². The number of hydroxylamine groups is 2. The number of aromatic carboxylic acids is 1. The number of aromatic nitrogens is 1. The summed E-state index contributed by atoms with van der Waals surface area (Å²) in [6.45, 7) is 3.14. The number of hydrogen-bond acceptors (Lipinski definition) is 7. The Bertz CT molecular complexity index is 1530. The molecule has 10 nitrogen and oxygen atoms in total. The fraction of sp³-hybridized carbons (Fsp3) is 0.233. The van der Waals surface area contributed by atoms with Gasteiger partial charge in [0.25, 0.3) is 5.91 Å². The third-order valence-corrected chi connectivity index (χ3v) is 6.52. The maximum absolute atomic E-state index is 12.8. The van der Waals surface area contributed by atoms with Crippen LogP contribution >= 0.6 is 0 Å². The number of aliphatic imine (C=N–C) groups is 1. The van der Waals surface area contributed by atoms with Crippen LogP contribution in [0.25, 0.3) is 10.9 Å². The van der Waals surface area contributed by atoms with E-state index in [2.05, 4.69) is 4.98 Å². The molecule has 10 heteroatoms. The highest BCUT2D eigenvalue weighted by Crippen LogP contribution is 2.33. The number of fused-ring (bicyclic) bond motifs is 1. The summed E-state index contributed by atoms with van der Waals surface area (Å²) in [5, 5.41) is 31.2. The van der Waals surface area contributed by atoms with Gasteiger partial charge in [-0.1, -0.05) is 30.3 Å². The number of aliphatic hydroxyl groups is 1. The number of carboxylic acid groups (broad SMARTS) is 1. The predicted molar refractivity (Wildman–Crippen MR) is 152 cm³/mol. The van der Waals surface area contributed by atoms with E-state index in [9.17, 15) is 19.8 Å². The number of aromatic hydroxyl groups is 1. The van der Waals surface area contributed by atoms with Gasteiger partial charge < -0.3 is 25.2 Å². The van der Waals surface area contributed by atoms with Crippen molar-refractivity contribution in [2.24, 2.45) is 4.99 Å². The largest absolute Gasteiger partial charge is 0.494 e. The molecule has 40 heavy (non-hydrogen) atoms. The van der Waals surface area contributed by atoms with Crippen molar-refractivity contribution >= 4 is 34.2 Å². The predicted octanol–water partition coefficient (Wildman–Crippen LogP) is 3.98. The Labute approximate surface area is 231 Å². The summed E-state index contributed by atoms with van der Waals surface area (Å²) in [5.74, 6) is -1.50. The highest BCUT2D eigenvalue weighted by molar-refractivity contribution is 6.22. The molecule has 0 spiro atoms. The number of carboxylic acids is 1. The summed E-state index contributed by atoms with van der Waals surface area (Å²) in [4.78, 5) is 39.6. The van der Waals surface area contributed by atoms with Crippen LogP contribution in [0.1, 0.15) is 37.4 Å². The average Bonchev–Trinajstić information content (AvgIpc) is 3.25. The zero-order chi connectivity index (χ0) is 28.8. The molecule has 0 unspecified atom stereocenters. The van der Waals surface area contributed by atoms with Crippen LogP contribution in [0.2, 0.25) is 0 Å². The van der Waals surface area contributed by atoms with Crippen LogP contribution < -0.4 is 0 Å². The number of nitrogens with zero attached hydrogens (tertiary/aromatic N) is 3. The van der Waals surface area contributed by atoms with Crippen LogP contribution in [-0.2, 0) is 4.84 Å². The summed E-state index contributed by atoms with van der Waals surface area (Å²) in [6, 6.07) is 19.3. The van der Waals surface area contributed by atoms with Crippen LogP contribution in [0.15, 0.2) is 71.7 Å². The van der Waals surface area contributed by atoms with E-state index >= 15 is 0 Å². The first-order chi connectivity index (χ1) is 19.2. The molecule has 4 rings (SSSR count). The van der Waals surface area contributed by atoms with Crippen molar-refractivity contribution in [3.8, 4) is 5.88 Å². The van der Waals surface area contributed by atoms with E-state index in [1.807, 2.05) is 42.3 Å². The van der Waals surface area contributed by atoms with E-state index in [1.54, 1.807) is 44.3 Å². The Hall–Kier alpha value is -4.51. The zero-order valence-corrected chi connectivity index (χ0v) is 22.6. The molecule has 0 bridgehead atoms. The Kier molecular flexibility index (Phi) is 8.95. The van der Waals surface area contributed by atoms with Crippen molar-refractivity contribution in [2.75, 3.05) is 40.4 Å². The third-order valence-electron chi connectivity index (χ3n) is 6.52. The lowest BCUT2D eigenvalue weighted by Gasteiger charge is -2.20. The molecule has 0 radical (unpaired) electrons. The SMILES string of the molecule is Cc1cc2c(C(=Nc3ccc(C(=O)N(C)OCCN(C)CCO)cc3)c3ccccc3)c(O)[nH]c2cc1C(=O)O. The van der Waals surface area contributed by atoms with Crippen molar-refractivity contribution in [1.29, 1.82) is 0 Å². The van der Waals surface area contributed by atoms with Gasteiger partial charge in [-0.3, -0.25) is 9.63 Å². The lowest BCUT2D eigenvalue weighted by molar-refractivity contribution is -0.109. The van der Waals surface area contributed by atoms with Gasteiger partial charge >= 0.3 is 5.97 Å². The third kappa shape index (κ3) is 6.37. The second-order valence-electron chi connectivity index (χ2n) is 9.40. The van der Waals surface area contributed by atoms with E-state index < -0.39 is 5.97 Å². The fourth-order valence-corrected chi connectivity index (χ4v) is 4.33. The number of carbonyl (C=O) groups is 2. The number of rotatable bonds is 11. The molecule has 1 aromatic heterocycles. The van der Waals surface area contributed by atoms with Crippen LogP contribution in [0.5, 0.6) is 5.88 Å². The van der Waals surface area contributed by atoms with Gasteiger partial charge in [-0.25, -0.2) is 14.9 Å². The molecule has 0 atom stereocenters. The molecule has 208 valence electrons. The van der Waals surface area contributed by atoms with E-state index in [0.29, 0.717) is 58.7 Å². The molecule has 0 aliphatic rings. The minimum atomic E-state index is -1.05. The quantitative estimate of drug-likeness (QED) is 0.165. The summed E-state index contributed by atoms with van der Waals surface area (Å²) in [7, 11) is 3.40. The number of aromatic amines is 1. The van der Waals surface area contributed by atoms with Gasteiger partial charge in [-0.05, 0) is 55.9 Å². The summed E-state index contributed by atoms with van der Waals surface area (Å²) >= 11 is 0. The van der Waals surface area contributed by atoms with Crippen molar-refractivity contribution in [1.82, 2.24) is 14.9 Å². The number of carbonyl (C=O) groups excluding carboxylic acids is 1. The molecule has 0 aliphatic carbocycles. The maximum atomic E-state index is 12.8. The van der Waals surface area contributed by atoms with Gasteiger partial charge in [0.05, 0.1) is 35.7 Å². The van der Waals surface area contributed by atoms with Gasteiger partial charge in [0, 0.05) is 42.2 Å². The minimum absolute atomic E-state index is 0.0529. The number of benzene rings is 3.